The number of nitrogens with zero attached hydrogens (tertiary/aromatic N) is 1. The molecule has 0 aliphatic rings. The van der Waals surface area contributed by atoms with E-state index in [1.807, 2.05) is 29.0 Å². The summed E-state index contributed by atoms with van der Waals surface area (Å²) < 4.78 is 2.01. The van der Waals surface area contributed by atoms with Gasteiger partial charge in [-0.15, -0.1) is 0 Å². The first-order valence-electron chi connectivity index (χ1n) is 6.27. The molecule has 1 aromatic carbocycles. The van der Waals surface area contributed by atoms with Gasteiger partial charge in [0.15, 0.2) is 0 Å². The van der Waals surface area contributed by atoms with Crippen LogP contribution in [0.1, 0.15) is 35.8 Å². The smallest absolute Gasteiger partial charge is 0.209 e. The molecule has 0 saturated heterocycles. The summed E-state index contributed by atoms with van der Waals surface area (Å²) in [4.78, 5) is 12.4. The molecule has 0 aliphatic heterocycles. The van der Waals surface area contributed by atoms with Crippen molar-refractivity contribution in [2.24, 2.45) is 0 Å². The van der Waals surface area contributed by atoms with Crippen molar-refractivity contribution in [2.45, 2.75) is 26.3 Å². The Morgan fingerprint density at radius 1 is 1.28 bits per heavy atom. The maximum Gasteiger partial charge on any atom is 0.209 e. The number of nitrogens with two attached hydrogens (primary N) is 1. The molecular weight excluding hydrogens is 224 g/mol. The van der Waals surface area contributed by atoms with Gasteiger partial charge in [-0.2, -0.15) is 0 Å². The summed E-state index contributed by atoms with van der Waals surface area (Å²) in [5.74, 6) is 0.0309. The van der Waals surface area contributed by atoms with Crippen molar-refractivity contribution in [2.75, 3.05) is 5.73 Å². The Labute approximate surface area is 107 Å². The molecule has 1 aromatic heterocycles. The number of benzene rings is 1. The normalized spacial score (nSPS) is 10.5. The molecule has 2 N–H and O–H groups in total. The van der Waals surface area contributed by atoms with E-state index in [1.54, 1.807) is 18.2 Å². The van der Waals surface area contributed by atoms with Gasteiger partial charge < -0.3 is 10.3 Å². The molecule has 3 heteroatoms. The van der Waals surface area contributed by atoms with E-state index < -0.39 is 0 Å². The van der Waals surface area contributed by atoms with Crippen LogP contribution in [0.3, 0.4) is 0 Å². The molecule has 0 amide bonds. The molecule has 94 valence electrons. The lowest BCUT2D eigenvalue weighted by Crippen LogP contribution is -2.10. The van der Waals surface area contributed by atoms with E-state index in [0.29, 0.717) is 11.3 Å². The Bertz CT molecular complexity index is 543. The third kappa shape index (κ3) is 2.62. The second kappa shape index (κ2) is 5.54. The lowest BCUT2D eigenvalue weighted by atomic mass is 10.1. The number of hydrogen-bond acceptors (Lipinski definition) is 2. The van der Waals surface area contributed by atoms with Gasteiger partial charge in [-0.1, -0.05) is 25.5 Å². The summed E-state index contributed by atoms with van der Waals surface area (Å²) in [6.45, 7) is 3.02. The summed E-state index contributed by atoms with van der Waals surface area (Å²) in [6, 6.07) is 10.9. The highest BCUT2D eigenvalue weighted by Crippen LogP contribution is 2.14. The average Bonchev–Trinajstić information content (AvgIpc) is 2.83. The Kier molecular flexibility index (Phi) is 3.82. The monoisotopic (exact) mass is 242 g/mol. The van der Waals surface area contributed by atoms with Crippen molar-refractivity contribution in [1.82, 2.24) is 4.57 Å². The zero-order chi connectivity index (χ0) is 13.0. The van der Waals surface area contributed by atoms with Crippen molar-refractivity contribution in [3.63, 3.8) is 0 Å². The Morgan fingerprint density at radius 2 is 2.11 bits per heavy atom. The van der Waals surface area contributed by atoms with Gasteiger partial charge in [0.1, 0.15) is 0 Å². The van der Waals surface area contributed by atoms with Crippen LogP contribution in [-0.4, -0.2) is 10.4 Å². The van der Waals surface area contributed by atoms with Crippen LogP contribution in [0.2, 0.25) is 0 Å². The fourth-order valence-corrected chi connectivity index (χ4v) is 1.97. The van der Waals surface area contributed by atoms with E-state index in [9.17, 15) is 4.79 Å². The summed E-state index contributed by atoms with van der Waals surface area (Å²) >= 11 is 0. The number of carbonyl (C=O) groups is 1. The average molecular weight is 242 g/mol. The molecule has 0 saturated carbocycles. The minimum absolute atomic E-state index is 0.0309. The molecule has 0 aliphatic carbocycles. The second-order valence-electron chi connectivity index (χ2n) is 4.39. The predicted octanol–water partition coefficient (Wildman–Crippen LogP) is 3.10. The largest absolute Gasteiger partial charge is 0.399 e. The number of unbranched alkanes of at least 4 members (excludes halogenated alkanes) is 1. The minimum Gasteiger partial charge on any atom is -0.399 e. The molecule has 2 aromatic rings. The highest BCUT2D eigenvalue weighted by Gasteiger charge is 2.12. The van der Waals surface area contributed by atoms with Gasteiger partial charge in [-0.05, 0) is 30.7 Å². The van der Waals surface area contributed by atoms with Crippen molar-refractivity contribution in [3.05, 3.63) is 53.9 Å². The maximum absolute atomic E-state index is 12.4. The third-order valence-electron chi connectivity index (χ3n) is 2.96. The number of nitrogen functional groups attached to an aromatic ring is 1. The third-order valence-corrected chi connectivity index (χ3v) is 2.96. The fraction of sp³-hybridized carbons (Fsp3) is 0.267. The highest BCUT2D eigenvalue weighted by atomic mass is 16.1. The van der Waals surface area contributed by atoms with Crippen molar-refractivity contribution < 1.29 is 4.79 Å². The number of aryl methyl sites for hydroxylation is 1. The van der Waals surface area contributed by atoms with Gasteiger partial charge in [0, 0.05) is 24.0 Å². The minimum atomic E-state index is 0.0309. The topological polar surface area (TPSA) is 48.0 Å². The molecular formula is C15H18N2O. The van der Waals surface area contributed by atoms with Crippen molar-refractivity contribution in [1.29, 1.82) is 0 Å². The van der Waals surface area contributed by atoms with Crippen LogP contribution in [0.4, 0.5) is 5.69 Å². The van der Waals surface area contributed by atoms with Gasteiger partial charge in [-0.25, -0.2) is 0 Å². The molecule has 1 heterocycles. The standard InChI is InChI=1S/C15H18N2O/c1-2-3-9-17-10-5-8-14(17)15(18)12-6-4-7-13(16)11-12/h4-8,10-11H,2-3,9,16H2,1H3. The number of anilines is 1. The summed E-state index contributed by atoms with van der Waals surface area (Å²) in [5.41, 5.74) is 7.70. The fourth-order valence-electron chi connectivity index (χ4n) is 1.97. The second-order valence-corrected chi connectivity index (χ2v) is 4.39. The molecule has 3 nitrogen and oxygen atoms in total. The number of carbonyl (C=O) groups excluding carboxylic acids is 1. The van der Waals surface area contributed by atoms with Crippen LogP contribution in [0.15, 0.2) is 42.6 Å². The summed E-state index contributed by atoms with van der Waals surface area (Å²) in [7, 11) is 0. The van der Waals surface area contributed by atoms with E-state index in [1.165, 1.54) is 0 Å². The molecule has 0 spiro atoms. The van der Waals surface area contributed by atoms with E-state index in [0.717, 1.165) is 25.1 Å². The van der Waals surface area contributed by atoms with Crippen LogP contribution in [0, 0.1) is 0 Å². The van der Waals surface area contributed by atoms with Gasteiger partial charge in [-0.3, -0.25) is 4.79 Å². The van der Waals surface area contributed by atoms with Gasteiger partial charge >= 0.3 is 0 Å². The SMILES string of the molecule is CCCCn1cccc1C(=O)c1cccc(N)c1. The van der Waals surface area contributed by atoms with Crippen LogP contribution < -0.4 is 5.73 Å². The highest BCUT2D eigenvalue weighted by molar-refractivity contribution is 6.08. The molecule has 18 heavy (non-hydrogen) atoms. The van der Waals surface area contributed by atoms with Crippen LogP contribution >= 0.6 is 0 Å². The van der Waals surface area contributed by atoms with Gasteiger partial charge in [0.25, 0.3) is 0 Å². The molecule has 0 bridgehead atoms. The van der Waals surface area contributed by atoms with Crippen LogP contribution in [0.5, 0.6) is 0 Å². The zero-order valence-corrected chi connectivity index (χ0v) is 10.6. The Hall–Kier alpha value is -2.03. The first-order valence-corrected chi connectivity index (χ1v) is 6.27. The molecule has 0 unspecified atom stereocenters. The molecule has 0 atom stereocenters. The van der Waals surface area contributed by atoms with E-state index in [-0.39, 0.29) is 5.78 Å². The first-order chi connectivity index (χ1) is 8.72. The van der Waals surface area contributed by atoms with Gasteiger partial charge in [0.2, 0.25) is 5.78 Å². The Morgan fingerprint density at radius 3 is 2.83 bits per heavy atom. The van der Waals surface area contributed by atoms with Crippen molar-refractivity contribution >= 4 is 11.5 Å². The number of rotatable bonds is 5. The van der Waals surface area contributed by atoms with E-state index in [2.05, 4.69) is 6.92 Å². The number of hydrogen-bond donors (Lipinski definition) is 1. The molecule has 2 rings (SSSR count). The maximum atomic E-state index is 12.4. The Balaban J connectivity index is 2.26. The van der Waals surface area contributed by atoms with Crippen molar-refractivity contribution in [3.8, 4) is 0 Å². The van der Waals surface area contributed by atoms with Crippen LogP contribution in [0.25, 0.3) is 0 Å². The summed E-state index contributed by atoms with van der Waals surface area (Å²) in [5, 5.41) is 0. The number of aromatic nitrogens is 1. The zero-order valence-electron chi connectivity index (χ0n) is 10.6. The summed E-state index contributed by atoms with van der Waals surface area (Å²) in [6.07, 6.45) is 4.14. The first kappa shape index (κ1) is 12.4. The lowest BCUT2D eigenvalue weighted by molar-refractivity contribution is 0.103. The number of ketones is 1. The predicted molar refractivity (Wildman–Crippen MR) is 73.6 cm³/mol. The van der Waals surface area contributed by atoms with E-state index in [4.69, 9.17) is 5.73 Å². The van der Waals surface area contributed by atoms with Crippen LogP contribution in [-0.2, 0) is 6.54 Å². The molecule has 0 fully saturated rings. The lowest BCUT2D eigenvalue weighted by Gasteiger charge is -2.08. The van der Waals surface area contributed by atoms with Gasteiger partial charge in [0.05, 0.1) is 5.69 Å². The molecule has 0 radical (unpaired) electrons. The van der Waals surface area contributed by atoms with E-state index >= 15 is 0 Å². The quantitative estimate of drug-likeness (QED) is 0.647.